The van der Waals surface area contributed by atoms with Gasteiger partial charge < -0.3 is 5.73 Å². The lowest BCUT2D eigenvalue weighted by atomic mass is 10.1. The molecule has 106 valence electrons. The third kappa shape index (κ3) is 3.00. The zero-order valence-corrected chi connectivity index (χ0v) is 12.4. The summed E-state index contributed by atoms with van der Waals surface area (Å²) >= 11 is 0. The summed E-state index contributed by atoms with van der Waals surface area (Å²) in [6, 6.07) is 12.4. The first-order chi connectivity index (χ1) is 9.44. The molecule has 0 aliphatic heterocycles. The van der Waals surface area contributed by atoms with Crippen molar-refractivity contribution in [2.45, 2.75) is 25.3 Å². The average molecular weight is 290 g/mol. The fraction of sp³-hybridized carbons (Fsp3) is 0.200. The van der Waals surface area contributed by atoms with Crippen molar-refractivity contribution in [3.63, 3.8) is 0 Å². The van der Waals surface area contributed by atoms with E-state index >= 15 is 0 Å². The highest BCUT2D eigenvalue weighted by Crippen LogP contribution is 2.22. The van der Waals surface area contributed by atoms with E-state index in [4.69, 9.17) is 5.73 Å². The minimum Gasteiger partial charge on any atom is -0.326 e. The molecule has 0 atom stereocenters. The Bertz CT molecular complexity index is 724. The molecule has 2 rings (SSSR count). The Morgan fingerprint density at radius 1 is 1.10 bits per heavy atom. The molecule has 0 aliphatic carbocycles. The van der Waals surface area contributed by atoms with Crippen molar-refractivity contribution < 1.29 is 8.42 Å². The number of nitrogens with one attached hydrogen (secondary N) is 1. The third-order valence-electron chi connectivity index (χ3n) is 3.12. The molecule has 0 fully saturated rings. The molecule has 20 heavy (non-hydrogen) atoms. The molecule has 0 unspecified atom stereocenters. The zero-order chi connectivity index (χ0) is 14.8. The van der Waals surface area contributed by atoms with Crippen LogP contribution in [0.3, 0.4) is 0 Å². The van der Waals surface area contributed by atoms with Gasteiger partial charge in [-0.2, -0.15) is 0 Å². The van der Waals surface area contributed by atoms with E-state index in [2.05, 4.69) is 4.72 Å². The Kier molecular flexibility index (Phi) is 4.11. The molecule has 0 aliphatic rings. The van der Waals surface area contributed by atoms with E-state index in [0.29, 0.717) is 11.3 Å². The van der Waals surface area contributed by atoms with Gasteiger partial charge in [-0.05, 0) is 42.7 Å². The van der Waals surface area contributed by atoms with Gasteiger partial charge in [0.05, 0.1) is 10.6 Å². The summed E-state index contributed by atoms with van der Waals surface area (Å²) in [6.07, 6.45) is 0. The lowest BCUT2D eigenvalue weighted by molar-refractivity contribution is 0.600. The summed E-state index contributed by atoms with van der Waals surface area (Å²) in [7, 11) is -3.63. The van der Waals surface area contributed by atoms with E-state index in [1.54, 1.807) is 24.3 Å². The quantitative estimate of drug-likeness (QED) is 0.909. The molecular weight excluding hydrogens is 272 g/mol. The monoisotopic (exact) mass is 290 g/mol. The molecule has 3 N–H and O–H groups in total. The van der Waals surface area contributed by atoms with Gasteiger partial charge in [-0.25, -0.2) is 8.42 Å². The fourth-order valence-electron chi connectivity index (χ4n) is 1.98. The molecule has 0 heterocycles. The highest BCUT2D eigenvalue weighted by molar-refractivity contribution is 7.92. The van der Waals surface area contributed by atoms with Crippen molar-refractivity contribution in [3.05, 3.63) is 59.2 Å². The normalized spacial score (nSPS) is 11.3. The Labute approximate surface area is 119 Å². The predicted octanol–water partition coefficient (Wildman–Crippen LogP) is 2.56. The lowest BCUT2D eigenvalue weighted by Gasteiger charge is -2.13. The first kappa shape index (κ1) is 14.6. The Hall–Kier alpha value is -1.85. The van der Waals surface area contributed by atoms with E-state index < -0.39 is 10.0 Å². The van der Waals surface area contributed by atoms with Crippen LogP contribution in [0, 0.1) is 13.8 Å². The highest BCUT2D eigenvalue weighted by atomic mass is 32.2. The van der Waals surface area contributed by atoms with E-state index in [1.165, 1.54) is 0 Å². The lowest BCUT2D eigenvalue weighted by Crippen LogP contribution is -2.16. The predicted molar refractivity (Wildman–Crippen MR) is 81.1 cm³/mol. The molecule has 0 radical (unpaired) electrons. The molecular formula is C15H18N2O2S. The van der Waals surface area contributed by atoms with Crippen LogP contribution in [0.25, 0.3) is 0 Å². The van der Waals surface area contributed by atoms with Gasteiger partial charge >= 0.3 is 0 Å². The smallest absolute Gasteiger partial charge is 0.262 e. The fourth-order valence-corrected chi connectivity index (χ4v) is 3.35. The van der Waals surface area contributed by atoms with Crippen LogP contribution in [-0.4, -0.2) is 8.42 Å². The molecule has 5 heteroatoms. The van der Waals surface area contributed by atoms with Gasteiger partial charge in [0, 0.05) is 6.54 Å². The van der Waals surface area contributed by atoms with Crippen LogP contribution < -0.4 is 10.5 Å². The number of aryl methyl sites for hydroxylation is 2. The first-order valence-electron chi connectivity index (χ1n) is 6.32. The summed E-state index contributed by atoms with van der Waals surface area (Å²) < 4.78 is 27.6. The minimum atomic E-state index is -3.63. The number of anilines is 1. The zero-order valence-electron chi connectivity index (χ0n) is 11.6. The van der Waals surface area contributed by atoms with Gasteiger partial charge in [0.25, 0.3) is 10.0 Å². The second kappa shape index (κ2) is 5.64. The molecule has 0 bridgehead atoms. The summed E-state index contributed by atoms with van der Waals surface area (Å²) in [6.45, 7) is 3.97. The summed E-state index contributed by atoms with van der Waals surface area (Å²) in [4.78, 5) is 0.225. The van der Waals surface area contributed by atoms with Crippen LogP contribution in [0.4, 0.5) is 5.69 Å². The SMILES string of the molecule is Cc1ccc(C)c(NS(=O)(=O)c2ccccc2CN)c1. The van der Waals surface area contributed by atoms with Gasteiger partial charge in [-0.3, -0.25) is 4.72 Å². The molecule has 2 aromatic rings. The van der Waals surface area contributed by atoms with Crippen molar-refractivity contribution in [2.24, 2.45) is 5.73 Å². The van der Waals surface area contributed by atoms with Crippen LogP contribution in [0.2, 0.25) is 0 Å². The van der Waals surface area contributed by atoms with Crippen LogP contribution in [0.1, 0.15) is 16.7 Å². The Morgan fingerprint density at radius 3 is 2.50 bits per heavy atom. The largest absolute Gasteiger partial charge is 0.326 e. The molecule has 0 aromatic heterocycles. The number of hydrogen-bond donors (Lipinski definition) is 2. The molecule has 0 amide bonds. The van der Waals surface area contributed by atoms with Gasteiger partial charge in [0.1, 0.15) is 0 Å². The van der Waals surface area contributed by atoms with E-state index in [-0.39, 0.29) is 11.4 Å². The van der Waals surface area contributed by atoms with Crippen molar-refractivity contribution in [2.75, 3.05) is 4.72 Å². The van der Waals surface area contributed by atoms with Crippen molar-refractivity contribution in [1.82, 2.24) is 0 Å². The Balaban J connectivity index is 2.43. The second-order valence-electron chi connectivity index (χ2n) is 4.74. The van der Waals surface area contributed by atoms with E-state index in [1.807, 2.05) is 32.0 Å². The maximum absolute atomic E-state index is 12.5. The molecule has 0 spiro atoms. The van der Waals surface area contributed by atoms with Gasteiger partial charge in [-0.1, -0.05) is 30.3 Å². The second-order valence-corrected chi connectivity index (χ2v) is 6.39. The average Bonchev–Trinajstić information content (AvgIpc) is 2.42. The maximum Gasteiger partial charge on any atom is 0.262 e. The minimum absolute atomic E-state index is 0.184. The highest BCUT2D eigenvalue weighted by Gasteiger charge is 2.18. The summed E-state index contributed by atoms with van der Waals surface area (Å²) in [5.41, 5.74) is 8.68. The maximum atomic E-state index is 12.5. The molecule has 2 aromatic carbocycles. The van der Waals surface area contributed by atoms with E-state index in [0.717, 1.165) is 11.1 Å². The van der Waals surface area contributed by atoms with Crippen LogP contribution in [0.15, 0.2) is 47.4 Å². The van der Waals surface area contributed by atoms with Gasteiger partial charge in [0.2, 0.25) is 0 Å². The topological polar surface area (TPSA) is 72.2 Å². The van der Waals surface area contributed by atoms with Crippen molar-refractivity contribution in [3.8, 4) is 0 Å². The number of nitrogens with two attached hydrogens (primary N) is 1. The first-order valence-corrected chi connectivity index (χ1v) is 7.80. The van der Waals surface area contributed by atoms with Crippen molar-refractivity contribution in [1.29, 1.82) is 0 Å². The van der Waals surface area contributed by atoms with Gasteiger partial charge in [-0.15, -0.1) is 0 Å². The van der Waals surface area contributed by atoms with Gasteiger partial charge in [0.15, 0.2) is 0 Å². The molecule has 4 nitrogen and oxygen atoms in total. The van der Waals surface area contributed by atoms with Crippen LogP contribution in [0.5, 0.6) is 0 Å². The standard InChI is InChI=1S/C15H18N2O2S/c1-11-7-8-12(2)14(9-11)17-20(18,19)15-6-4-3-5-13(15)10-16/h3-9,17H,10,16H2,1-2H3. The molecule has 0 saturated heterocycles. The van der Waals surface area contributed by atoms with Crippen molar-refractivity contribution >= 4 is 15.7 Å². The number of rotatable bonds is 4. The summed E-state index contributed by atoms with van der Waals surface area (Å²) in [5, 5.41) is 0. The summed E-state index contributed by atoms with van der Waals surface area (Å²) in [5.74, 6) is 0. The third-order valence-corrected chi connectivity index (χ3v) is 4.59. The molecule has 0 saturated carbocycles. The number of benzene rings is 2. The number of sulfonamides is 1. The van der Waals surface area contributed by atoms with E-state index in [9.17, 15) is 8.42 Å². The Morgan fingerprint density at radius 2 is 1.80 bits per heavy atom. The van der Waals surface area contributed by atoms with Crippen LogP contribution in [-0.2, 0) is 16.6 Å². The number of hydrogen-bond acceptors (Lipinski definition) is 3. The van der Waals surface area contributed by atoms with Crippen LogP contribution >= 0.6 is 0 Å².